The molecule has 3 fully saturated rings. The molecule has 0 aromatic heterocycles. The summed E-state index contributed by atoms with van der Waals surface area (Å²) in [7, 11) is -4.07. The van der Waals surface area contributed by atoms with E-state index < -0.39 is 22.2 Å². The smallest absolute Gasteiger partial charge is 0.193 e. The predicted molar refractivity (Wildman–Crippen MR) is 186 cm³/mol. The summed E-state index contributed by atoms with van der Waals surface area (Å²) in [5, 5.41) is 0.249. The van der Waals surface area contributed by atoms with E-state index in [-0.39, 0.29) is 40.0 Å². The maximum absolute atomic E-state index is 14.0. The third-order valence-corrected chi connectivity index (χ3v) is 20.9. The van der Waals surface area contributed by atoms with Crippen LogP contribution in [-0.2, 0) is 18.4 Å². The number of Topliss-reactive ketones (excluding diaryl/α,β-unsaturated/α-hetero) is 1. The quantitative estimate of drug-likeness (QED) is 0.122. The molecule has 0 heterocycles. The number of unbranched alkanes of at least 4 members (excludes halogenated alkanes) is 2. The number of hydrogen-bond acceptors (Lipinski definition) is 4. The van der Waals surface area contributed by atoms with E-state index in [0.29, 0.717) is 18.3 Å². The van der Waals surface area contributed by atoms with Crippen molar-refractivity contribution in [1.82, 2.24) is 0 Å². The van der Waals surface area contributed by atoms with E-state index >= 15 is 0 Å². The van der Waals surface area contributed by atoms with Gasteiger partial charge in [-0.05, 0) is 80.7 Å². The van der Waals surface area contributed by atoms with E-state index in [1.54, 1.807) is 0 Å². The van der Waals surface area contributed by atoms with Gasteiger partial charge in [-0.15, -0.1) is 0 Å². The van der Waals surface area contributed by atoms with Crippen LogP contribution in [0.25, 0.3) is 0 Å². The lowest BCUT2D eigenvalue weighted by molar-refractivity contribution is -0.215. The highest BCUT2D eigenvalue weighted by Crippen LogP contribution is 2.57. The molecule has 0 aromatic rings. The lowest BCUT2D eigenvalue weighted by Gasteiger charge is -2.60. The van der Waals surface area contributed by atoms with Gasteiger partial charge in [-0.2, -0.15) is 0 Å². The van der Waals surface area contributed by atoms with Crippen molar-refractivity contribution in [3.05, 3.63) is 0 Å². The summed E-state index contributed by atoms with van der Waals surface area (Å²) in [5.74, 6) is 8.71. The minimum Gasteiger partial charge on any atom is -0.413 e. The molecule has 0 radical (unpaired) electrons. The van der Waals surface area contributed by atoms with Gasteiger partial charge >= 0.3 is 0 Å². The van der Waals surface area contributed by atoms with Gasteiger partial charge in [0.05, 0.1) is 12.0 Å². The number of rotatable bonds is 12. The first kappa shape index (κ1) is 37.0. The van der Waals surface area contributed by atoms with Crippen LogP contribution < -0.4 is 0 Å². The molecule has 0 aromatic carbocycles. The molecule has 43 heavy (non-hydrogen) atoms. The second kappa shape index (κ2) is 14.5. The summed E-state index contributed by atoms with van der Waals surface area (Å²) < 4.78 is 21.1. The van der Waals surface area contributed by atoms with Crippen LogP contribution in [0.2, 0.25) is 36.3 Å². The monoisotopic (exact) mass is 632 g/mol. The van der Waals surface area contributed by atoms with E-state index in [4.69, 9.17) is 13.6 Å². The Labute approximate surface area is 268 Å². The van der Waals surface area contributed by atoms with Gasteiger partial charge < -0.3 is 13.6 Å². The van der Waals surface area contributed by atoms with Gasteiger partial charge in [0, 0.05) is 18.4 Å². The molecule has 0 bridgehead atoms. The molecule has 0 aliphatic heterocycles. The van der Waals surface area contributed by atoms with Crippen LogP contribution in [0, 0.1) is 35.5 Å². The molecule has 6 atom stereocenters. The lowest BCUT2D eigenvalue weighted by Crippen LogP contribution is -2.71. The number of carbonyl (C=O) groups excluding carboxylic acids is 1. The first-order valence-electron chi connectivity index (χ1n) is 18.0. The predicted octanol–water partition coefficient (Wildman–Crippen LogP) is 10.3. The SMILES string of the molecule is CCCCO[C@@]12CC[C@H](O[Si](C)(C)C(C)(C)C)[C@@H](C#C[C@@H](O[Si](C)(C)C(C)(C)C)C3CCCCC3)[C@@H]1C(CCCC)C2=O. The Morgan fingerprint density at radius 3 is 2.05 bits per heavy atom. The van der Waals surface area contributed by atoms with Crippen molar-refractivity contribution in [3.8, 4) is 11.8 Å². The fourth-order valence-electron chi connectivity index (χ4n) is 7.06. The van der Waals surface area contributed by atoms with Crippen molar-refractivity contribution in [3.63, 3.8) is 0 Å². The van der Waals surface area contributed by atoms with Crippen LogP contribution in [0.4, 0.5) is 0 Å². The number of carbonyl (C=O) groups is 1. The highest BCUT2D eigenvalue weighted by atomic mass is 28.4. The second-order valence-electron chi connectivity index (χ2n) is 17.2. The van der Waals surface area contributed by atoms with Crippen molar-refractivity contribution in [2.45, 2.75) is 187 Å². The average Bonchev–Trinajstić information content (AvgIpc) is 2.91. The number of ketones is 1. The Hall–Kier alpha value is -0.456. The van der Waals surface area contributed by atoms with Crippen LogP contribution in [0.15, 0.2) is 0 Å². The van der Waals surface area contributed by atoms with Gasteiger partial charge in [-0.3, -0.25) is 4.79 Å². The van der Waals surface area contributed by atoms with Crippen molar-refractivity contribution >= 4 is 22.4 Å². The Bertz CT molecular complexity index is 975. The maximum Gasteiger partial charge on any atom is 0.193 e. The number of fused-ring (bicyclic) bond motifs is 1. The van der Waals surface area contributed by atoms with Crippen molar-refractivity contribution < 1.29 is 18.4 Å². The fraction of sp³-hybridized carbons (Fsp3) is 0.919. The van der Waals surface area contributed by atoms with Crippen molar-refractivity contribution in [1.29, 1.82) is 0 Å². The van der Waals surface area contributed by atoms with E-state index in [1.807, 2.05) is 0 Å². The number of hydrogen-bond donors (Lipinski definition) is 0. The zero-order chi connectivity index (χ0) is 32.3. The summed E-state index contributed by atoms with van der Waals surface area (Å²) in [6.45, 7) is 28.5. The molecule has 0 spiro atoms. The molecule has 3 aliphatic carbocycles. The van der Waals surface area contributed by atoms with Gasteiger partial charge in [-0.1, -0.05) is 106 Å². The molecule has 248 valence electrons. The van der Waals surface area contributed by atoms with Crippen LogP contribution in [0.1, 0.15) is 132 Å². The molecule has 0 amide bonds. The van der Waals surface area contributed by atoms with Crippen LogP contribution in [0.3, 0.4) is 0 Å². The lowest BCUT2D eigenvalue weighted by atomic mass is 9.49. The molecular weight excluding hydrogens is 565 g/mol. The standard InChI is InChI=1S/C37H68O4Si2/c1-13-15-22-30-33-29(23-24-31(28-20-18-17-19-21-28)40-42(9,10)35(3,4)5)32(41-43(11,12)36(6,7)8)25-26-37(33,34(30)38)39-27-16-14-2/h28-33H,13-22,25-27H2,1-12H3/t29-,30?,31-,32+,33-,37+/m1/s1. The second-order valence-corrected chi connectivity index (χ2v) is 26.7. The van der Waals surface area contributed by atoms with Crippen LogP contribution >= 0.6 is 0 Å². The molecule has 0 saturated heterocycles. The summed E-state index contributed by atoms with van der Waals surface area (Å²) >= 11 is 0. The van der Waals surface area contributed by atoms with Crippen LogP contribution in [0.5, 0.6) is 0 Å². The van der Waals surface area contributed by atoms with Gasteiger partial charge in [0.25, 0.3) is 0 Å². The zero-order valence-corrected chi connectivity index (χ0v) is 32.3. The third-order valence-electron chi connectivity index (χ3n) is 12.0. The van der Waals surface area contributed by atoms with E-state index in [2.05, 4.69) is 93.4 Å². The fourth-order valence-corrected chi connectivity index (χ4v) is 9.68. The van der Waals surface area contributed by atoms with Crippen molar-refractivity contribution in [2.75, 3.05) is 6.61 Å². The Kier molecular flexibility index (Phi) is 12.5. The largest absolute Gasteiger partial charge is 0.413 e. The van der Waals surface area contributed by atoms with Crippen LogP contribution in [-0.4, -0.2) is 46.8 Å². The molecule has 6 heteroatoms. The molecule has 0 N–H and O–H groups in total. The minimum absolute atomic E-state index is 0.00170. The van der Waals surface area contributed by atoms with E-state index in [9.17, 15) is 4.79 Å². The number of ether oxygens (including phenoxy) is 1. The summed E-state index contributed by atoms with van der Waals surface area (Å²) in [4.78, 5) is 14.0. The van der Waals surface area contributed by atoms with Gasteiger partial charge in [0.1, 0.15) is 11.7 Å². The van der Waals surface area contributed by atoms with Gasteiger partial charge in [0.2, 0.25) is 0 Å². The topological polar surface area (TPSA) is 44.8 Å². The average molecular weight is 633 g/mol. The molecule has 3 aliphatic rings. The third kappa shape index (κ3) is 8.29. The molecular formula is C37H68O4Si2. The first-order valence-corrected chi connectivity index (χ1v) is 23.8. The molecule has 1 unspecified atom stereocenters. The molecule has 4 nitrogen and oxygen atoms in total. The normalized spacial score (nSPS) is 29.8. The summed E-state index contributed by atoms with van der Waals surface area (Å²) in [6, 6.07) is 0. The van der Waals surface area contributed by atoms with Gasteiger partial charge in [-0.25, -0.2) is 0 Å². The summed E-state index contributed by atoms with van der Waals surface area (Å²) in [5.41, 5.74) is -0.680. The van der Waals surface area contributed by atoms with E-state index in [1.165, 1.54) is 32.1 Å². The maximum atomic E-state index is 14.0. The first-order chi connectivity index (χ1) is 19.9. The minimum atomic E-state index is -2.05. The highest BCUT2D eigenvalue weighted by molar-refractivity contribution is 6.74. The van der Waals surface area contributed by atoms with Crippen molar-refractivity contribution in [2.24, 2.45) is 23.7 Å². The molecule has 3 rings (SSSR count). The zero-order valence-electron chi connectivity index (χ0n) is 30.3. The summed E-state index contributed by atoms with van der Waals surface area (Å²) in [6.07, 6.45) is 13.1. The van der Waals surface area contributed by atoms with Gasteiger partial charge in [0.15, 0.2) is 22.4 Å². The van der Waals surface area contributed by atoms with E-state index in [0.717, 1.165) is 44.9 Å². The Balaban J connectivity index is 2.08. The highest BCUT2D eigenvalue weighted by Gasteiger charge is 2.68. The Morgan fingerprint density at radius 2 is 1.49 bits per heavy atom. The Morgan fingerprint density at radius 1 is 0.884 bits per heavy atom. The molecule has 3 saturated carbocycles.